The van der Waals surface area contributed by atoms with Crippen LogP contribution in [0.5, 0.6) is 0 Å². The third-order valence-electron chi connectivity index (χ3n) is 6.40. The number of hydrogen-bond donors (Lipinski definition) is 1. The third-order valence-corrected chi connectivity index (χ3v) is 6.40. The van der Waals surface area contributed by atoms with Gasteiger partial charge in [-0.3, -0.25) is 0 Å². The predicted molar refractivity (Wildman–Crippen MR) is 134 cm³/mol. The van der Waals surface area contributed by atoms with Crippen molar-refractivity contribution >= 4 is 5.97 Å². The molecule has 5 nitrogen and oxygen atoms in total. The predicted octanol–water partition coefficient (Wildman–Crippen LogP) is 7.23. The van der Waals surface area contributed by atoms with Crippen LogP contribution in [0.1, 0.15) is 56.6 Å². The van der Waals surface area contributed by atoms with Crippen molar-refractivity contribution in [2.45, 2.75) is 32.2 Å². The van der Waals surface area contributed by atoms with Crippen LogP contribution < -0.4 is 0 Å². The highest BCUT2D eigenvalue weighted by Gasteiger charge is 2.25. The van der Waals surface area contributed by atoms with Crippen LogP contribution in [0.3, 0.4) is 0 Å². The minimum Gasteiger partial charge on any atom is -0.478 e. The molecule has 1 N–H and O–H groups in total. The molecule has 3 aromatic carbocycles. The van der Waals surface area contributed by atoms with Crippen LogP contribution in [0.4, 0.5) is 4.39 Å². The summed E-state index contributed by atoms with van der Waals surface area (Å²) in [6, 6.07) is 23.3. The molecule has 0 fully saturated rings. The number of rotatable bonds is 8. The number of carboxylic acid groups (broad SMARTS) is 1. The van der Waals surface area contributed by atoms with Crippen LogP contribution in [0.15, 0.2) is 90.2 Å². The van der Waals surface area contributed by atoms with Crippen molar-refractivity contribution in [2.75, 3.05) is 0 Å². The van der Waals surface area contributed by atoms with Gasteiger partial charge in [0.2, 0.25) is 5.95 Å². The molecule has 35 heavy (non-hydrogen) atoms. The Morgan fingerprint density at radius 3 is 2.14 bits per heavy atom. The van der Waals surface area contributed by atoms with Gasteiger partial charge in [0.15, 0.2) is 0 Å². The lowest BCUT2D eigenvalue weighted by atomic mass is 9.82. The first kappa shape index (κ1) is 24.0. The average molecular weight is 469 g/mol. The van der Waals surface area contributed by atoms with Crippen molar-refractivity contribution in [2.24, 2.45) is 5.18 Å². The Bertz CT molecular complexity index is 1350. The number of aromatic carboxylic acids is 1. The first-order chi connectivity index (χ1) is 16.9. The van der Waals surface area contributed by atoms with E-state index in [1.807, 2.05) is 55.5 Å². The summed E-state index contributed by atoms with van der Waals surface area (Å²) in [5, 5.41) is 12.5. The highest BCUT2D eigenvalue weighted by molar-refractivity contribution is 5.88. The summed E-state index contributed by atoms with van der Waals surface area (Å²) in [7, 11) is 0. The van der Waals surface area contributed by atoms with Crippen LogP contribution in [0, 0.1) is 24.7 Å². The number of nitroso groups, excluding NO2 is 1. The number of hydrogen-bond acceptors (Lipinski definition) is 4. The summed E-state index contributed by atoms with van der Waals surface area (Å²) in [5.41, 5.74) is 6.53. The normalized spacial score (nSPS) is 12.7. The molecule has 2 atom stereocenters. The molecule has 0 aliphatic heterocycles. The van der Waals surface area contributed by atoms with Crippen LogP contribution in [0.25, 0.3) is 11.1 Å². The quantitative estimate of drug-likeness (QED) is 0.218. The van der Waals surface area contributed by atoms with Crippen LogP contribution in [-0.2, 0) is 0 Å². The van der Waals surface area contributed by atoms with E-state index in [0.29, 0.717) is 12.0 Å². The lowest BCUT2D eigenvalue weighted by Gasteiger charge is -2.23. The van der Waals surface area contributed by atoms with Crippen LogP contribution in [0.2, 0.25) is 0 Å². The van der Waals surface area contributed by atoms with Crippen molar-refractivity contribution in [1.82, 2.24) is 4.98 Å². The molecule has 0 saturated carbocycles. The molecule has 4 aromatic rings. The van der Waals surface area contributed by atoms with Gasteiger partial charge >= 0.3 is 5.97 Å². The van der Waals surface area contributed by atoms with E-state index in [2.05, 4.69) is 10.2 Å². The molecule has 0 spiro atoms. The first-order valence-electron chi connectivity index (χ1n) is 11.3. The van der Waals surface area contributed by atoms with Crippen molar-refractivity contribution < 1.29 is 14.3 Å². The summed E-state index contributed by atoms with van der Waals surface area (Å²) in [4.78, 5) is 26.7. The van der Waals surface area contributed by atoms with Crippen molar-refractivity contribution in [3.05, 3.63) is 129 Å². The van der Waals surface area contributed by atoms with Gasteiger partial charge in [-0.05, 0) is 77.4 Å². The lowest BCUT2D eigenvalue weighted by Crippen LogP contribution is -2.10. The highest BCUT2D eigenvalue weighted by Crippen LogP contribution is 2.38. The number of aromatic nitrogens is 1. The van der Waals surface area contributed by atoms with Gasteiger partial charge in [0.05, 0.1) is 5.56 Å². The average Bonchev–Trinajstić information content (AvgIpc) is 2.87. The fourth-order valence-corrected chi connectivity index (χ4v) is 4.45. The minimum atomic E-state index is -0.962. The Balaban J connectivity index is 1.70. The molecule has 0 aliphatic carbocycles. The van der Waals surface area contributed by atoms with Gasteiger partial charge < -0.3 is 5.11 Å². The van der Waals surface area contributed by atoms with Crippen LogP contribution >= 0.6 is 0 Å². The molecular formula is C29H25FN2O3. The molecule has 176 valence electrons. The SMILES string of the molecule is Cc1cnc(F)cc1C(CC(c1ccc(-c2ccc(C(=O)O)cc2)cc1)c1ccccc1C)N=O. The molecule has 2 unspecified atom stereocenters. The zero-order chi connectivity index (χ0) is 24.9. The van der Waals surface area contributed by atoms with Gasteiger partial charge in [-0.1, -0.05) is 65.8 Å². The number of benzene rings is 3. The molecule has 1 aromatic heterocycles. The fourth-order valence-electron chi connectivity index (χ4n) is 4.45. The van der Waals surface area contributed by atoms with E-state index in [1.54, 1.807) is 31.2 Å². The summed E-state index contributed by atoms with van der Waals surface area (Å²) in [6.07, 6.45) is 1.81. The molecule has 0 amide bonds. The zero-order valence-corrected chi connectivity index (χ0v) is 19.5. The number of aryl methyl sites for hydroxylation is 2. The second-order valence-corrected chi connectivity index (χ2v) is 8.63. The smallest absolute Gasteiger partial charge is 0.335 e. The second kappa shape index (κ2) is 10.4. The topological polar surface area (TPSA) is 79.6 Å². The molecule has 6 heteroatoms. The van der Waals surface area contributed by atoms with Crippen molar-refractivity contribution in [3.8, 4) is 11.1 Å². The van der Waals surface area contributed by atoms with E-state index in [4.69, 9.17) is 5.11 Å². The highest BCUT2D eigenvalue weighted by atomic mass is 19.1. The van der Waals surface area contributed by atoms with Gasteiger partial charge in [-0.2, -0.15) is 9.30 Å². The van der Waals surface area contributed by atoms with E-state index >= 15 is 0 Å². The van der Waals surface area contributed by atoms with E-state index in [-0.39, 0.29) is 11.5 Å². The van der Waals surface area contributed by atoms with Crippen LogP contribution in [-0.4, -0.2) is 16.1 Å². The zero-order valence-electron chi connectivity index (χ0n) is 19.5. The Hall–Kier alpha value is -4.19. The summed E-state index contributed by atoms with van der Waals surface area (Å²) in [5.74, 6) is -1.74. The summed E-state index contributed by atoms with van der Waals surface area (Å²) < 4.78 is 13.9. The molecular weight excluding hydrogens is 443 g/mol. The molecule has 4 rings (SSSR count). The van der Waals surface area contributed by atoms with E-state index in [9.17, 15) is 14.1 Å². The Morgan fingerprint density at radius 1 is 0.914 bits per heavy atom. The Labute approximate surface area is 203 Å². The van der Waals surface area contributed by atoms with Crippen molar-refractivity contribution in [3.63, 3.8) is 0 Å². The maximum Gasteiger partial charge on any atom is 0.335 e. The largest absolute Gasteiger partial charge is 0.478 e. The Kier molecular flexibility index (Phi) is 7.11. The number of halogens is 1. The van der Waals surface area contributed by atoms with Gasteiger partial charge in [-0.15, -0.1) is 0 Å². The van der Waals surface area contributed by atoms with Gasteiger partial charge in [0.25, 0.3) is 0 Å². The fraction of sp³-hybridized carbons (Fsp3) is 0.172. The minimum absolute atomic E-state index is 0.141. The Morgan fingerprint density at radius 2 is 1.54 bits per heavy atom. The van der Waals surface area contributed by atoms with Gasteiger partial charge in [0, 0.05) is 12.1 Å². The van der Waals surface area contributed by atoms with E-state index < -0.39 is 18.0 Å². The molecule has 0 bridgehead atoms. The summed E-state index contributed by atoms with van der Waals surface area (Å²) >= 11 is 0. The maximum atomic E-state index is 13.9. The number of carboxylic acids is 1. The second-order valence-electron chi connectivity index (χ2n) is 8.63. The van der Waals surface area contributed by atoms with Gasteiger partial charge in [0.1, 0.15) is 6.04 Å². The van der Waals surface area contributed by atoms with Crippen molar-refractivity contribution in [1.29, 1.82) is 0 Å². The maximum absolute atomic E-state index is 13.9. The molecule has 0 aliphatic rings. The lowest BCUT2D eigenvalue weighted by molar-refractivity contribution is 0.0697. The van der Waals surface area contributed by atoms with E-state index in [1.165, 1.54) is 12.3 Å². The number of carbonyl (C=O) groups is 1. The number of pyridine rings is 1. The molecule has 1 heterocycles. The molecule has 0 saturated heterocycles. The summed E-state index contributed by atoms with van der Waals surface area (Å²) in [6.45, 7) is 3.83. The standard InChI is InChI=1S/C29H25FN2O3/c1-18-5-3-4-6-24(18)26(15-27(32-35)25-16-28(30)31-17-19(25)2)22-11-7-20(8-12-22)21-9-13-23(14-10-21)29(33)34/h3-14,16-17,26-27H,15H2,1-2H3,(H,33,34). The number of nitrogens with zero attached hydrogens (tertiary/aromatic N) is 2. The van der Waals surface area contributed by atoms with Gasteiger partial charge in [-0.25, -0.2) is 9.78 Å². The monoisotopic (exact) mass is 468 g/mol. The third kappa shape index (κ3) is 5.32. The van der Waals surface area contributed by atoms with E-state index in [0.717, 1.165) is 33.4 Å². The molecule has 0 radical (unpaired) electrons. The first-order valence-corrected chi connectivity index (χ1v) is 11.3.